The number of carbonyl (C=O) groups excluding carboxylic acids is 1. The van der Waals surface area contributed by atoms with Crippen molar-refractivity contribution in [3.05, 3.63) is 11.6 Å². The summed E-state index contributed by atoms with van der Waals surface area (Å²) < 4.78 is 5.68. The Kier molecular flexibility index (Phi) is 4.04. The minimum absolute atomic E-state index is 0.0960. The van der Waals surface area contributed by atoms with Crippen molar-refractivity contribution in [3.63, 3.8) is 0 Å². The molecule has 0 radical (unpaired) electrons. The van der Waals surface area contributed by atoms with E-state index in [9.17, 15) is 4.79 Å². The normalized spacial score (nSPS) is 52.0. The lowest BCUT2D eigenvalue weighted by Crippen LogP contribution is -2.53. The third kappa shape index (κ3) is 2.22. The Bertz CT molecular complexity index is 607. The molecule has 0 spiro atoms. The number of allylic oxidation sites excluding steroid dienone is 1. The summed E-state index contributed by atoms with van der Waals surface area (Å²) >= 11 is 0. The Morgan fingerprint density at radius 1 is 1.08 bits per heavy atom. The molecule has 4 unspecified atom stereocenters. The number of ether oxygens (including phenoxy) is 1. The first-order valence-corrected chi connectivity index (χ1v) is 10.5. The molecule has 4 aliphatic carbocycles. The number of fused-ring (bicyclic) bond motifs is 5. The van der Waals surface area contributed by atoms with Crippen LogP contribution >= 0.6 is 0 Å². The van der Waals surface area contributed by atoms with Gasteiger partial charge < -0.3 is 4.74 Å². The SMILES string of the molecule is COC1CC[C@@]2(C)C(=CCC3C2CC[C@@]2(C)C3CC[C@]2(C)C(C)=O)C1. The van der Waals surface area contributed by atoms with E-state index in [0.29, 0.717) is 17.3 Å². The van der Waals surface area contributed by atoms with Crippen LogP contribution in [0.1, 0.15) is 79.1 Å². The van der Waals surface area contributed by atoms with Crippen LogP contribution < -0.4 is 0 Å². The van der Waals surface area contributed by atoms with Crippen molar-refractivity contribution < 1.29 is 9.53 Å². The average Bonchev–Trinajstić information content (AvgIpc) is 2.87. The zero-order valence-electron chi connectivity index (χ0n) is 16.9. The summed E-state index contributed by atoms with van der Waals surface area (Å²) in [4.78, 5) is 12.5. The highest BCUT2D eigenvalue weighted by Gasteiger charge is 2.63. The molecule has 0 aromatic rings. The van der Waals surface area contributed by atoms with E-state index in [4.69, 9.17) is 4.74 Å². The lowest BCUT2D eigenvalue weighted by atomic mass is 9.45. The number of hydrogen-bond donors (Lipinski definition) is 0. The summed E-state index contributed by atoms with van der Waals surface area (Å²) in [6.07, 6.45) is 12.8. The second-order valence-corrected chi connectivity index (χ2v) is 10.2. The van der Waals surface area contributed by atoms with Gasteiger partial charge in [-0.1, -0.05) is 32.4 Å². The van der Waals surface area contributed by atoms with Gasteiger partial charge >= 0.3 is 0 Å². The number of rotatable bonds is 2. The minimum Gasteiger partial charge on any atom is -0.381 e. The Hall–Kier alpha value is -0.630. The first kappa shape index (κ1) is 17.8. The van der Waals surface area contributed by atoms with E-state index in [1.807, 2.05) is 14.0 Å². The van der Waals surface area contributed by atoms with Crippen molar-refractivity contribution in [2.24, 2.45) is 34.0 Å². The van der Waals surface area contributed by atoms with Gasteiger partial charge in [0, 0.05) is 12.5 Å². The molecule has 0 saturated heterocycles. The Labute approximate surface area is 153 Å². The highest BCUT2D eigenvalue weighted by molar-refractivity contribution is 5.83. The molecule has 4 aliphatic rings. The van der Waals surface area contributed by atoms with Gasteiger partial charge in [0.15, 0.2) is 0 Å². The Morgan fingerprint density at radius 3 is 2.48 bits per heavy atom. The molecule has 3 saturated carbocycles. The average molecular weight is 345 g/mol. The highest BCUT2D eigenvalue weighted by Crippen LogP contribution is 2.69. The standard InChI is InChI=1S/C23H36O2/c1-15(24)22(3)12-10-20-18-7-6-16-14-17(25-5)8-11-21(16,2)19(18)9-13-23(20,22)4/h6,17-20H,7-14H2,1-5H3/t17?,18?,19?,20?,21-,22+,23-/m0/s1. The van der Waals surface area contributed by atoms with Crippen LogP contribution in [0.4, 0.5) is 0 Å². The number of ketones is 1. The fourth-order valence-corrected chi connectivity index (χ4v) is 7.67. The van der Waals surface area contributed by atoms with Gasteiger partial charge in [0.05, 0.1) is 6.10 Å². The summed E-state index contributed by atoms with van der Waals surface area (Å²) in [7, 11) is 1.87. The largest absolute Gasteiger partial charge is 0.381 e. The third-order valence-corrected chi connectivity index (χ3v) is 9.77. The second-order valence-electron chi connectivity index (χ2n) is 10.2. The van der Waals surface area contributed by atoms with Crippen molar-refractivity contribution in [2.45, 2.75) is 85.2 Å². The predicted molar refractivity (Wildman–Crippen MR) is 101 cm³/mol. The van der Waals surface area contributed by atoms with E-state index in [0.717, 1.165) is 30.6 Å². The predicted octanol–water partition coefficient (Wildman–Crippen LogP) is 5.56. The van der Waals surface area contributed by atoms with E-state index in [1.54, 1.807) is 5.57 Å². The van der Waals surface area contributed by atoms with Gasteiger partial charge in [0.25, 0.3) is 0 Å². The van der Waals surface area contributed by atoms with Crippen molar-refractivity contribution >= 4 is 5.78 Å². The van der Waals surface area contributed by atoms with Gasteiger partial charge in [-0.05, 0) is 86.9 Å². The zero-order chi connectivity index (χ0) is 18.0. The summed E-state index contributed by atoms with van der Waals surface area (Å²) in [5, 5.41) is 0. The van der Waals surface area contributed by atoms with Gasteiger partial charge in [0.1, 0.15) is 5.78 Å². The van der Waals surface area contributed by atoms with E-state index in [2.05, 4.69) is 26.8 Å². The van der Waals surface area contributed by atoms with E-state index >= 15 is 0 Å². The molecule has 25 heavy (non-hydrogen) atoms. The summed E-state index contributed by atoms with van der Waals surface area (Å²) in [5.74, 6) is 2.76. The summed E-state index contributed by atoms with van der Waals surface area (Å²) in [6.45, 7) is 9.10. The monoisotopic (exact) mass is 344 g/mol. The molecule has 2 nitrogen and oxygen atoms in total. The van der Waals surface area contributed by atoms with Gasteiger partial charge in [-0.25, -0.2) is 0 Å². The second kappa shape index (κ2) is 5.68. The minimum atomic E-state index is -0.0960. The molecule has 7 atom stereocenters. The number of carbonyl (C=O) groups is 1. The lowest BCUT2D eigenvalue weighted by Gasteiger charge is -2.59. The number of hydrogen-bond acceptors (Lipinski definition) is 2. The van der Waals surface area contributed by atoms with Crippen molar-refractivity contribution in [1.82, 2.24) is 0 Å². The quantitative estimate of drug-likeness (QED) is 0.613. The molecule has 0 N–H and O–H groups in total. The fourth-order valence-electron chi connectivity index (χ4n) is 7.67. The van der Waals surface area contributed by atoms with Crippen LogP contribution in [-0.2, 0) is 9.53 Å². The van der Waals surface area contributed by atoms with Gasteiger partial charge in [-0.2, -0.15) is 0 Å². The van der Waals surface area contributed by atoms with Crippen molar-refractivity contribution in [1.29, 1.82) is 0 Å². The molecular weight excluding hydrogens is 308 g/mol. The summed E-state index contributed by atoms with van der Waals surface area (Å²) in [6, 6.07) is 0. The molecule has 0 amide bonds. The van der Waals surface area contributed by atoms with Crippen LogP contribution in [0.3, 0.4) is 0 Å². The van der Waals surface area contributed by atoms with Crippen LogP contribution in [0.5, 0.6) is 0 Å². The molecule has 140 valence electrons. The van der Waals surface area contributed by atoms with E-state index in [1.165, 1.54) is 38.5 Å². The van der Waals surface area contributed by atoms with Gasteiger partial charge in [-0.15, -0.1) is 0 Å². The highest BCUT2D eigenvalue weighted by atomic mass is 16.5. The molecule has 0 bridgehead atoms. The third-order valence-electron chi connectivity index (χ3n) is 9.77. The molecule has 2 heteroatoms. The van der Waals surface area contributed by atoms with Gasteiger partial charge in [-0.3, -0.25) is 4.79 Å². The van der Waals surface area contributed by atoms with Crippen LogP contribution in [0.2, 0.25) is 0 Å². The molecule has 3 fully saturated rings. The van der Waals surface area contributed by atoms with Crippen molar-refractivity contribution in [2.75, 3.05) is 7.11 Å². The van der Waals surface area contributed by atoms with E-state index in [-0.39, 0.29) is 10.8 Å². The Balaban J connectivity index is 1.66. The lowest BCUT2D eigenvalue weighted by molar-refractivity contribution is -0.138. The molecular formula is C23H36O2. The first-order valence-electron chi connectivity index (χ1n) is 10.5. The van der Waals surface area contributed by atoms with Crippen molar-refractivity contribution in [3.8, 4) is 0 Å². The van der Waals surface area contributed by atoms with Crippen LogP contribution in [0.15, 0.2) is 11.6 Å². The maximum absolute atomic E-state index is 12.5. The molecule has 0 aromatic heterocycles. The first-order chi connectivity index (χ1) is 11.8. The van der Waals surface area contributed by atoms with E-state index < -0.39 is 0 Å². The smallest absolute Gasteiger partial charge is 0.136 e. The van der Waals surface area contributed by atoms with Crippen LogP contribution in [0.25, 0.3) is 0 Å². The molecule has 0 aliphatic heterocycles. The fraction of sp³-hybridized carbons (Fsp3) is 0.870. The van der Waals surface area contributed by atoms with Gasteiger partial charge in [0.2, 0.25) is 0 Å². The zero-order valence-corrected chi connectivity index (χ0v) is 16.9. The molecule has 4 rings (SSSR count). The van der Waals surface area contributed by atoms with Crippen LogP contribution in [-0.4, -0.2) is 19.0 Å². The number of methoxy groups -OCH3 is 1. The molecule has 0 aromatic carbocycles. The topological polar surface area (TPSA) is 26.3 Å². The molecule has 0 heterocycles. The Morgan fingerprint density at radius 2 is 1.80 bits per heavy atom. The maximum atomic E-state index is 12.5. The summed E-state index contributed by atoms with van der Waals surface area (Å²) in [5.41, 5.74) is 2.18. The number of Topliss-reactive ketones (excluding diaryl/α,β-unsaturated/α-hetero) is 1. The van der Waals surface area contributed by atoms with Crippen LogP contribution in [0, 0.1) is 34.0 Å². The maximum Gasteiger partial charge on any atom is 0.136 e.